The van der Waals surface area contributed by atoms with E-state index in [1.807, 2.05) is 55.6 Å². The number of furan rings is 1. The number of carbonyl (C=O) groups is 1. The van der Waals surface area contributed by atoms with Crippen molar-refractivity contribution in [3.8, 4) is 11.3 Å². The maximum atomic E-state index is 12.7. The molecule has 0 aliphatic rings. The van der Waals surface area contributed by atoms with Crippen LogP contribution in [0.5, 0.6) is 0 Å². The molecule has 0 aliphatic carbocycles. The molecule has 4 nitrogen and oxygen atoms in total. The Kier molecular flexibility index (Phi) is 5.08. The molecule has 1 amide bonds. The second-order valence-corrected chi connectivity index (χ2v) is 7.81. The van der Waals surface area contributed by atoms with E-state index >= 15 is 0 Å². The smallest absolute Gasteiger partial charge is 0.261 e. The van der Waals surface area contributed by atoms with Crippen LogP contribution in [0.4, 0.5) is 5.13 Å². The molecule has 0 spiro atoms. The Labute approximate surface area is 167 Å². The largest absolute Gasteiger partial charge is 0.461 e. The van der Waals surface area contributed by atoms with Crippen molar-refractivity contribution in [1.82, 2.24) is 4.98 Å². The zero-order valence-corrected chi connectivity index (χ0v) is 16.5. The Hall–Kier alpha value is -3.18. The van der Waals surface area contributed by atoms with Crippen LogP contribution in [0.3, 0.4) is 0 Å². The van der Waals surface area contributed by atoms with E-state index in [1.165, 1.54) is 22.5 Å². The first-order valence-corrected chi connectivity index (χ1v) is 9.87. The number of carbonyl (C=O) groups excluding carboxylic acids is 1. The molecule has 2 aromatic carbocycles. The van der Waals surface area contributed by atoms with E-state index in [0.717, 1.165) is 16.9 Å². The van der Waals surface area contributed by atoms with Gasteiger partial charge in [-0.15, -0.1) is 11.3 Å². The van der Waals surface area contributed by atoms with Gasteiger partial charge in [0, 0.05) is 23.1 Å². The quantitative estimate of drug-likeness (QED) is 0.466. The minimum atomic E-state index is -0.208. The molecule has 0 saturated carbocycles. The molecule has 0 bridgehead atoms. The predicted octanol–water partition coefficient (Wildman–Crippen LogP) is 5.86. The van der Waals surface area contributed by atoms with E-state index in [-0.39, 0.29) is 5.91 Å². The van der Waals surface area contributed by atoms with Gasteiger partial charge in [-0.05, 0) is 25.5 Å². The lowest BCUT2D eigenvalue weighted by atomic mass is 10.1. The molecule has 0 aliphatic heterocycles. The summed E-state index contributed by atoms with van der Waals surface area (Å²) in [6.07, 6.45) is 2.62. The van der Waals surface area contributed by atoms with E-state index in [0.29, 0.717) is 22.2 Å². The van der Waals surface area contributed by atoms with Crippen molar-refractivity contribution in [1.29, 1.82) is 0 Å². The third kappa shape index (κ3) is 4.05. The molecule has 0 saturated heterocycles. The average molecular weight is 388 g/mol. The number of nitrogens with zero attached hydrogens (tertiary/aromatic N) is 1. The SMILES string of the molecule is Cc1ccc(-c2cc(C(=O)Nc3ncc(Cc4ccccc4)s3)c(C)o2)cc1. The second-order valence-electron chi connectivity index (χ2n) is 6.69. The maximum absolute atomic E-state index is 12.7. The summed E-state index contributed by atoms with van der Waals surface area (Å²) in [5, 5.41) is 3.48. The Morgan fingerprint density at radius 1 is 1.07 bits per heavy atom. The number of thiazole rings is 1. The third-order valence-corrected chi connectivity index (χ3v) is 5.41. The van der Waals surface area contributed by atoms with Gasteiger partial charge in [0.25, 0.3) is 5.91 Å². The number of aromatic nitrogens is 1. The summed E-state index contributed by atoms with van der Waals surface area (Å²) in [5.41, 5.74) is 3.88. The van der Waals surface area contributed by atoms with Gasteiger partial charge in [-0.3, -0.25) is 10.1 Å². The molecular formula is C23H20N2O2S. The first-order valence-electron chi connectivity index (χ1n) is 9.06. The molecule has 5 heteroatoms. The van der Waals surface area contributed by atoms with Crippen LogP contribution in [0, 0.1) is 13.8 Å². The summed E-state index contributed by atoms with van der Waals surface area (Å²) in [4.78, 5) is 18.1. The van der Waals surface area contributed by atoms with Gasteiger partial charge in [0.05, 0.1) is 5.56 Å². The van der Waals surface area contributed by atoms with Crippen LogP contribution in [0.25, 0.3) is 11.3 Å². The number of amides is 1. The van der Waals surface area contributed by atoms with Crippen LogP contribution in [0.2, 0.25) is 0 Å². The minimum absolute atomic E-state index is 0.208. The lowest BCUT2D eigenvalue weighted by Crippen LogP contribution is -2.11. The minimum Gasteiger partial charge on any atom is -0.461 e. The molecule has 0 fully saturated rings. The maximum Gasteiger partial charge on any atom is 0.261 e. The number of aryl methyl sites for hydroxylation is 2. The van der Waals surface area contributed by atoms with Crippen molar-refractivity contribution >= 4 is 22.4 Å². The molecular weight excluding hydrogens is 368 g/mol. The normalized spacial score (nSPS) is 10.8. The molecule has 28 heavy (non-hydrogen) atoms. The van der Waals surface area contributed by atoms with Crippen molar-refractivity contribution in [3.63, 3.8) is 0 Å². The highest BCUT2D eigenvalue weighted by Crippen LogP contribution is 2.27. The summed E-state index contributed by atoms with van der Waals surface area (Å²) >= 11 is 1.49. The Bertz CT molecular complexity index is 1100. The molecule has 0 unspecified atom stereocenters. The number of nitrogens with one attached hydrogen (secondary N) is 1. The predicted molar refractivity (Wildman–Crippen MR) is 113 cm³/mol. The Balaban J connectivity index is 1.47. The number of anilines is 1. The lowest BCUT2D eigenvalue weighted by molar-refractivity contribution is 0.102. The van der Waals surface area contributed by atoms with E-state index in [4.69, 9.17) is 4.42 Å². The lowest BCUT2D eigenvalue weighted by Gasteiger charge is -1.99. The molecule has 0 atom stereocenters. The van der Waals surface area contributed by atoms with E-state index in [9.17, 15) is 4.79 Å². The van der Waals surface area contributed by atoms with Crippen LogP contribution < -0.4 is 5.32 Å². The molecule has 4 rings (SSSR count). The monoisotopic (exact) mass is 388 g/mol. The molecule has 1 N–H and O–H groups in total. The van der Waals surface area contributed by atoms with Gasteiger partial charge >= 0.3 is 0 Å². The van der Waals surface area contributed by atoms with Crippen molar-refractivity contribution in [3.05, 3.63) is 94.2 Å². The Morgan fingerprint density at radius 3 is 2.57 bits per heavy atom. The fraction of sp³-hybridized carbons (Fsp3) is 0.130. The van der Waals surface area contributed by atoms with Gasteiger partial charge in [-0.1, -0.05) is 60.2 Å². The highest BCUT2D eigenvalue weighted by molar-refractivity contribution is 7.15. The highest BCUT2D eigenvalue weighted by atomic mass is 32.1. The molecule has 0 radical (unpaired) electrons. The zero-order valence-electron chi connectivity index (χ0n) is 15.7. The van der Waals surface area contributed by atoms with Gasteiger partial charge < -0.3 is 4.42 Å². The summed E-state index contributed by atoms with van der Waals surface area (Å²) in [6.45, 7) is 3.84. The van der Waals surface area contributed by atoms with E-state index in [1.54, 1.807) is 13.0 Å². The molecule has 2 aromatic heterocycles. The first kappa shape index (κ1) is 18.2. The summed E-state index contributed by atoms with van der Waals surface area (Å²) in [5.74, 6) is 1.07. The number of hydrogen-bond donors (Lipinski definition) is 1. The van der Waals surface area contributed by atoms with Crippen molar-refractivity contribution in [2.24, 2.45) is 0 Å². The van der Waals surface area contributed by atoms with Gasteiger partial charge in [-0.2, -0.15) is 0 Å². The molecule has 4 aromatic rings. The van der Waals surface area contributed by atoms with Crippen molar-refractivity contribution < 1.29 is 9.21 Å². The van der Waals surface area contributed by atoms with Crippen LogP contribution in [-0.2, 0) is 6.42 Å². The average Bonchev–Trinajstić information content (AvgIpc) is 3.29. The number of rotatable bonds is 5. The highest BCUT2D eigenvalue weighted by Gasteiger charge is 2.17. The van der Waals surface area contributed by atoms with Crippen molar-refractivity contribution in [2.75, 3.05) is 5.32 Å². The molecule has 2 heterocycles. The molecule has 140 valence electrons. The topological polar surface area (TPSA) is 55.1 Å². The fourth-order valence-electron chi connectivity index (χ4n) is 2.98. The van der Waals surface area contributed by atoms with Crippen LogP contribution in [0.1, 0.15) is 32.1 Å². The number of hydrogen-bond acceptors (Lipinski definition) is 4. The van der Waals surface area contributed by atoms with Crippen LogP contribution >= 0.6 is 11.3 Å². The zero-order chi connectivity index (χ0) is 19.5. The van der Waals surface area contributed by atoms with Gasteiger partial charge in [0.1, 0.15) is 11.5 Å². The van der Waals surface area contributed by atoms with Crippen LogP contribution in [-0.4, -0.2) is 10.9 Å². The second kappa shape index (κ2) is 7.82. The van der Waals surface area contributed by atoms with Gasteiger partial charge in [0.15, 0.2) is 5.13 Å². The summed E-state index contributed by atoms with van der Waals surface area (Å²) in [6, 6.07) is 20.0. The summed E-state index contributed by atoms with van der Waals surface area (Å²) in [7, 11) is 0. The fourth-order valence-corrected chi connectivity index (χ4v) is 3.82. The van der Waals surface area contributed by atoms with Gasteiger partial charge in [-0.25, -0.2) is 4.98 Å². The standard InChI is InChI=1S/C23H20N2O2S/c1-15-8-10-18(11-9-15)21-13-20(16(2)27-21)22(26)25-23-24-14-19(28-23)12-17-6-4-3-5-7-17/h3-11,13-14H,12H2,1-2H3,(H,24,25,26). The van der Waals surface area contributed by atoms with E-state index in [2.05, 4.69) is 22.4 Å². The van der Waals surface area contributed by atoms with Gasteiger partial charge in [0.2, 0.25) is 0 Å². The van der Waals surface area contributed by atoms with Crippen LogP contribution in [0.15, 0.2) is 71.3 Å². The Morgan fingerprint density at radius 2 is 1.82 bits per heavy atom. The first-order chi connectivity index (χ1) is 13.6. The third-order valence-electron chi connectivity index (χ3n) is 4.49. The van der Waals surface area contributed by atoms with E-state index < -0.39 is 0 Å². The summed E-state index contributed by atoms with van der Waals surface area (Å²) < 4.78 is 5.81. The van der Waals surface area contributed by atoms with Crippen molar-refractivity contribution in [2.45, 2.75) is 20.3 Å². The number of benzene rings is 2.